The third kappa shape index (κ3) is 61.6. The van der Waals surface area contributed by atoms with Crippen LogP contribution in [0, 0.1) is 11.8 Å². The van der Waals surface area contributed by atoms with Crippen molar-refractivity contribution in [2.45, 2.75) is 368 Å². The van der Waals surface area contributed by atoms with E-state index < -0.39 is 97.5 Å². The monoisotopic (exact) mass is 1300 g/mol. The summed E-state index contributed by atoms with van der Waals surface area (Å²) >= 11 is 0. The zero-order chi connectivity index (χ0) is 65.0. The molecule has 0 aromatic heterocycles. The van der Waals surface area contributed by atoms with E-state index in [9.17, 15) is 43.2 Å². The van der Waals surface area contributed by atoms with Crippen molar-refractivity contribution in [2.24, 2.45) is 11.8 Å². The molecule has 0 aliphatic rings. The van der Waals surface area contributed by atoms with Gasteiger partial charge in [0.15, 0.2) is 12.2 Å². The van der Waals surface area contributed by atoms with Crippen molar-refractivity contribution in [3.63, 3.8) is 0 Å². The van der Waals surface area contributed by atoms with Gasteiger partial charge in [0.1, 0.15) is 19.3 Å². The number of hydrogen-bond donors (Lipinski definition) is 3. The van der Waals surface area contributed by atoms with Gasteiger partial charge in [-0.05, 0) is 37.5 Å². The summed E-state index contributed by atoms with van der Waals surface area (Å²) in [5.41, 5.74) is 0. The van der Waals surface area contributed by atoms with E-state index in [1.807, 2.05) is 0 Å². The molecule has 522 valence electrons. The highest BCUT2D eigenvalue weighted by atomic mass is 31.2. The molecule has 0 fully saturated rings. The number of unbranched alkanes of at least 4 members (excludes halogenated alkanes) is 37. The van der Waals surface area contributed by atoms with Gasteiger partial charge in [-0.1, -0.05) is 298 Å². The predicted molar refractivity (Wildman–Crippen MR) is 354 cm³/mol. The quantitative estimate of drug-likeness (QED) is 0.0222. The first kappa shape index (κ1) is 86.1. The molecule has 0 aromatic carbocycles. The van der Waals surface area contributed by atoms with E-state index >= 15 is 0 Å². The second-order valence-electron chi connectivity index (χ2n) is 25.6. The van der Waals surface area contributed by atoms with Crippen LogP contribution in [0.15, 0.2) is 0 Å². The summed E-state index contributed by atoms with van der Waals surface area (Å²) in [6.07, 6.45) is 45.9. The molecule has 0 amide bonds. The minimum Gasteiger partial charge on any atom is -0.462 e. The number of ether oxygens (including phenoxy) is 4. The Labute approximate surface area is 537 Å². The minimum atomic E-state index is -4.95. The van der Waals surface area contributed by atoms with Crippen LogP contribution in [0.1, 0.15) is 350 Å². The average molecular weight is 1300 g/mol. The first-order valence-electron chi connectivity index (χ1n) is 36.0. The van der Waals surface area contributed by atoms with E-state index in [4.69, 9.17) is 37.0 Å². The van der Waals surface area contributed by atoms with Crippen molar-refractivity contribution in [1.29, 1.82) is 0 Å². The lowest BCUT2D eigenvalue weighted by Crippen LogP contribution is -2.30. The summed E-state index contributed by atoms with van der Waals surface area (Å²) in [4.78, 5) is 72.4. The zero-order valence-corrected chi connectivity index (χ0v) is 58.8. The lowest BCUT2D eigenvalue weighted by atomic mass is 10.00. The van der Waals surface area contributed by atoms with E-state index in [-0.39, 0.29) is 25.7 Å². The van der Waals surface area contributed by atoms with Crippen LogP contribution in [0.2, 0.25) is 0 Å². The fourth-order valence-corrected chi connectivity index (χ4v) is 12.0. The molecule has 0 heterocycles. The van der Waals surface area contributed by atoms with Gasteiger partial charge < -0.3 is 33.8 Å². The molecule has 88 heavy (non-hydrogen) atoms. The van der Waals surface area contributed by atoms with E-state index in [0.717, 1.165) is 102 Å². The molecule has 0 bridgehead atoms. The summed E-state index contributed by atoms with van der Waals surface area (Å²) in [7, 11) is -9.90. The minimum absolute atomic E-state index is 0.103. The Balaban J connectivity index is 5.24. The highest BCUT2D eigenvalue weighted by molar-refractivity contribution is 7.47. The number of aliphatic hydroxyl groups is 1. The van der Waals surface area contributed by atoms with Gasteiger partial charge in [0, 0.05) is 25.7 Å². The number of hydrogen-bond acceptors (Lipinski definition) is 15. The van der Waals surface area contributed by atoms with Gasteiger partial charge >= 0.3 is 39.5 Å². The third-order valence-electron chi connectivity index (χ3n) is 16.3. The Morgan fingerprint density at radius 3 is 0.864 bits per heavy atom. The van der Waals surface area contributed by atoms with E-state index in [0.29, 0.717) is 31.6 Å². The fourth-order valence-electron chi connectivity index (χ4n) is 10.4. The van der Waals surface area contributed by atoms with Crippen LogP contribution in [-0.4, -0.2) is 96.7 Å². The standard InChI is InChI=1S/C69H134O17P2/c1-7-10-12-14-16-18-20-22-23-24-25-27-29-33-41-47-53-68(73)85-64(57-79-66(71)51-45-39-32-28-26-21-19-17-15-13-11-8-2)59-83-87(75,76)81-55-63(70)56-82-88(77,78)84-60-65(86-69(74)54-48-42-34-30-31-37-43-49-61(4)5)58-80-67(72)52-46-40-36-35-38-44-50-62(6)9-3/h61-65,70H,7-60H2,1-6H3,(H,75,76)(H,77,78)/t62?,63-,64-,65-/m1/s1. The number of rotatable bonds is 68. The summed E-state index contributed by atoms with van der Waals surface area (Å²) in [6.45, 7) is 9.44. The lowest BCUT2D eigenvalue weighted by Gasteiger charge is -2.21. The van der Waals surface area contributed by atoms with Crippen LogP contribution < -0.4 is 0 Å². The zero-order valence-electron chi connectivity index (χ0n) is 57.0. The van der Waals surface area contributed by atoms with E-state index in [1.165, 1.54) is 161 Å². The first-order valence-corrected chi connectivity index (χ1v) is 39.0. The summed E-state index contributed by atoms with van der Waals surface area (Å²) < 4.78 is 68.2. The number of carbonyl (C=O) groups excluding carboxylic acids is 4. The smallest absolute Gasteiger partial charge is 0.462 e. The maximum absolute atomic E-state index is 13.0. The molecular formula is C69H134O17P2. The summed E-state index contributed by atoms with van der Waals surface area (Å²) in [5, 5.41) is 10.6. The van der Waals surface area contributed by atoms with Crippen LogP contribution >= 0.6 is 15.6 Å². The maximum atomic E-state index is 13.0. The molecule has 0 spiro atoms. The number of esters is 4. The van der Waals surface area contributed by atoms with Crippen molar-refractivity contribution in [1.82, 2.24) is 0 Å². The highest BCUT2D eigenvalue weighted by Gasteiger charge is 2.30. The van der Waals surface area contributed by atoms with Crippen molar-refractivity contribution in [3.8, 4) is 0 Å². The number of carbonyl (C=O) groups is 4. The Bertz CT molecular complexity index is 1720. The highest BCUT2D eigenvalue weighted by Crippen LogP contribution is 2.45. The van der Waals surface area contributed by atoms with Crippen LogP contribution in [0.25, 0.3) is 0 Å². The molecule has 17 nitrogen and oxygen atoms in total. The number of phosphoric ester groups is 2. The van der Waals surface area contributed by atoms with Gasteiger partial charge in [0.25, 0.3) is 0 Å². The summed E-state index contributed by atoms with van der Waals surface area (Å²) in [6, 6.07) is 0. The van der Waals surface area contributed by atoms with Gasteiger partial charge in [-0.25, -0.2) is 9.13 Å². The molecule has 0 aromatic rings. The maximum Gasteiger partial charge on any atom is 0.472 e. The molecule has 0 saturated carbocycles. The van der Waals surface area contributed by atoms with Crippen molar-refractivity contribution in [2.75, 3.05) is 39.6 Å². The Kier molecular flexibility index (Phi) is 59.9. The fraction of sp³-hybridized carbons (Fsp3) is 0.942. The predicted octanol–water partition coefficient (Wildman–Crippen LogP) is 19.6. The molecular weight excluding hydrogens is 1160 g/mol. The molecule has 0 aliphatic heterocycles. The average Bonchev–Trinajstić information content (AvgIpc) is 3.68. The summed E-state index contributed by atoms with van der Waals surface area (Å²) in [5.74, 6) is -0.701. The largest absolute Gasteiger partial charge is 0.472 e. The van der Waals surface area contributed by atoms with Gasteiger partial charge in [-0.3, -0.25) is 37.3 Å². The number of aliphatic hydroxyl groups excluding tert-OH is 1. The van der Waals surface area contributed by atoms with Gasteiger partial charge in [-0.15, -0.1) is 0 Å². The molecule has 3 unspecified atom stereocenters. The van der Waals surface area contributed by atoms with Crippen LogP contribution in [0.3, 0.4) is 0 Å². The van der Waals surface area contributed by atoms with Crippen molar-refractivity contribution >= 4 is 39.5 Å². The second-order valence-corrected chi connectivity index (χ2v) is 28.5. The third-order valence-corrected chi connectivity index (χ3v) is 18.2. The van der Waals surface area contributed by atoms with Gasteiger partial charge in [0.05, 0.1) is 26.4 Å². The molecule has 19 heteroatoms. The lowest BCUT2D eigenvalue weighted by molar-refractivity contribution is -0.161. The van der Waals surface area contributed by atoms with Gasteiger partial charge in [-0.2, -0.15) is 0 Å². The second kappa shape index (κ2) is 61.3. The Morgan fingerprint density at radius 1 is 0.330 bits per heavy atom. The Morgan fingerprint density at radius 2 is 0.580 bits per heavy atom. The SMILES string of the molecule is CCCCCCCCCCCCCCCCCCC(=O)O[C@H](COC(=O)CCCCCCCCCCCCCC)COP(=O)(O)OC[C@@H](O)COP(=O)(O)OC[C@@H](COC(=O)CCCCCCCCC(C)CC)OC(=O)CCCCCCCCCC(C)C. The van der Waals surface area contributed by atoms with E-state index in [1.54, 1.807) is 0 Å². The Hall–Kier alpha value is -1.94. The molecule has 0 radical (unpaired) electrons. The molecule has 0 saturated heterocycles. The molecule has 3 N–H and O–H groups in total. The normalized spacial score (nSPS) is 14.5. The van der Waals surface area contributed by atoms with Crippen LogP contribution in [0.4, 0.5) is 0 Å². The molecule has 0 aliphatic carbocycles. The topological polar surface area (TPSA) is 237 Å². The number of phosphoric acid groups is 2. The van der Waals surface area contributed by atoms with Gasteiger partial charge in [0.2, 0.25) is 0 Å². The molecule has 0 rings (SSSR count). The van der Waals surface area contributed by atoms with Crippen LogP contribution in [0.5, 0.6) is 0 Å². The van der Waals surface area contributed by atoms with Crippen molar-refractivity contribution < 1.29 is 80.2 Å². The van der Waals surface area contributed by atoms with Crippen molar-refractivity contribution in [3.05, 3.63) is 0 Å². The first-order chi connectivity index (χ1) is 42.4. The molecule has 6 atom stereocenters. The van der Waals surface area contributed by atoms with Crippen LogP contribution in [-0.2, 0) is 65.4 Å². The van der Waals surface area contributed by atoms with E-state index in [2.05, 4.69) is 41.5 Å².